The fourth-order valence-corrected chi connectivity index (χ4v) is 7.27. The van der Waals surface area contributed by atoms with Crippen LogP contribution in [0.1, 0.15) is 54.9 Å². The lowest BCUT2D eigenvalue weighted by molar-refractivity contribution is -0.115. The quantitative estimate of drug-likeness (QED) is 0.487. The highest BCUT2D eigenvalue weighted by molar-refractivity contribution is 9.10. The van der Waals surface area contributed by atoms with E-state index in [1.165, 1.54) is 4.31 Å². The number of nitrogens with one attached hydrogen (secondary N) is 2. The molecule has 3 heterocycles. The Morgan fingerprint density at radius 1 is 1.30 bits per heavy atom. The van der Waals surface area contributed by atoms with Crippen molar-refractivity contribution < 1.29 is 22.4 Å². The number of carbonyl (C=O) groups is 2. The van der Waals surface area contributed by atoms with Gasteiger partial charge >= 0.3 is 0 Å². The first kappa shape index (κ1) is 24.5. The van der Waals surface area contributed by atoms with Crippen molar-refractivity contribution in [1.82, 2.24) is 13.9 Å². The predicted octanol–water partition coefficient (Wildman–Crippen LogP) is 1.88. The van der Waals surface area contributed by atoms with E-state index in [1.54, 1.807) is 12.1 Å². The van der Waals surface area contributed by atoms with Crippen LogP contribution in [0.4, 0.5) is 10.1 Å². The Morgan fingerprint density at radius 3 is 2.67 bits per heavy atom. The number of hydrogen-bond acceptors (Lipinski definition) is 5. The monoisotopic (exact) mass is 545 g/mol. The first-order chi connectivity index (χ1) is 15.6. The molecule has 3 aliphatic rings. The Morgan fingerprint density at radius 2 is 2.00 bits per heavy atom. The molecule has 0 aromatic heterocycles. The van der Waals surface area contributed by atoms with E-state index in [0.717, 1.165) is 9.87 Å². The summed E-state index contributed by atoms with van der Waals surface area (Å²) in [5.41, 5.74) is 7.63. The van der Waals surface area contributed by atoms with Gasteiger partial charge in [0, 0.05) is 47.8 Å². The second-order valence-corrected chi connectivity index (χ2v) is 11.6. The van der Waals surface area contributed by atoms with E-state index in [1.807, 2.05) is 6.92 Å². The highest BCUT2D eigenvalue weighted by Gasteiger charge is 2.45. The van der Waals surface area contributed by atoms with E-state index in [9.17, 15) is 18.0 Å². The van der Waals surface area contributed by atoms with Crippen LogP contribution in [0.2, 0.25) is 0 Å². The third-order valence-electron chi connectivity index (χ3n) is 6.63. The molecule has 1 aromatic rings. The van der Waals surface area contributed by atoms with Crippen molar-refractivity contribution in [3.8, 4) is 0 Å². The predicted molar refractivity (Wildman–Crippen MR) is 125 cm³/mol. The van der Waals surface area contributed by atoms with Crippen molar-refractivity contribution >= 4 is 43.6 Å². The van der Waals surface area contributed by atoms with E-state index in [-0.39, 0.29) is 37.9 Å². The van der Waals surface area contributed by atoms with Crippen LogP contribution in [-0.4, -0.2) is 66.4 Å². The van der Waals surface area contributed by atoms with Gasteiger partial charge in [0.2, 0.25) is 5.91 Å². The second kappa shape index (κ2) is 9.57. The number of piperidine rings is 2. The Hall–Kier alpha value is -1.60. The number of hydrogen-bond donors (Lipinski definition) is 3. The van der Waals surface area contributed by atoms with Gasteiger partial charge in [0.25, 0.3) is 16.1 Å². The van der Waals surface area contributed by atoms with Crippen molar-refractivity contribution in [3.63, 3.8) is 0 Å². The summed E-state index contributed by atoms with van der Waals surface area (Å²) < 4.78 is 44.5. The summed E-state index contributed by atoms with van der Waals surface area (Å²) in [6, 6.07) is 2.22. The number of halogens is 2. The van der Waals surface area contributed by atoms with E-state index in [4.69, 9.17) is 5.73 Å². The zero-order valence-corrected chi connectivity index (χ0v) is 20.8. The van der Waals surface area contributed by atoms with E-state index >= 15 is 4.39 Å². The number of anilines is 1. The van der Waals surface area contributed by atoms with Crippen molar-refractivity contribution in [2.45, 2.75) is 69.9 Å². The maximum absolute atomic E-state index is 15.3. The molecule has 0 saturated carbocycles. The minimum absolute atomic E-state index is 0.0343. The smallest absolute Gasteiger partial charge is 0.284 e. The Balaban J connectivity index is 1.46. The van der Waals surface area contributed by atoms with E-state index in [0.29, 0.717) is 41.4 Å². The minimum atomic E-state index is -3.96. The van der Waals surface area contributed by atoms with Crippen molar-refractivity contribution in [3.05, 3.63) is 27.7 Å². The van der Waals surface area contributed by atoms with Gasteiger partial charge in [-0.1, -0.05) is 6.92 Å². The summed E-state index contributed by atoms with van der Waals surface area (Å²) in [6.07, 6.45) is 0.183. The Kier molecular flexibility index (Phi) is 7.11. The van der Waals surface area contributed by atoms with Crippen LogP contribution in [0.25, 0.3) is 0 Å². The molecule has 0 bridgehead atoms. The van der Waals surface area contributed by atoms with Gasteiger partial charge in [-0.25, -0.2) is 4.39 Å². The summed E-state index contributed by atoms with van der Waals surface area (Å²) >= 11 is 3.37. The van der Waals surface area contributed by atoms with Crippen LogP contribution in [0.5, 0.6) is 0 Å². The maximum atomic E-state index is 15.3. The van der Waals surface area contributed by atoms with Crippen LogP contribution in [0.15, 0.2) is 16.6 Å². The molecule has 9 nitrogen and oxygen atoms in total. The number of benzene rings is 1. The first-order valence-electron chi connectivity index (χ1n) is 11.2. The van der Waals surface area contributed by atoms with Crippen LogP contribution in [0.3, 0.4) is 0 Å². The molecule has 0 spiro atoms. The van der Waals surface area contributed by atoms with Gasteiger partial charge in [-0.15, -0.1) is 0 Å². The van der Waals surface area contributed by atoms with Gasteiger partial charge in [-0.3, -0.25) is 9.59 Å². The maximum Gasteiger partial charge on any atom is 0.284 e. The molecule has 3 aliphatic heterocycles. The molecule has 4 rings (SSSR count). The molecule has 2 amide bonds. The number of rotatable bonds is 5. The first-order valence-corrected chi connectivity index (χ1v) is 13.4. The fourth-order valence-electron chi connectivity index (χ4n) is 4.82. The molecular formula is C21H29BrFN5O4S. The Bertz CT molecular complexity index is 1050. The molecule has 182 valence electrons. The molecule has 1 aromatic carbocycles. The standard InChI is InChI=1S/C21H29BrFN5O4S/c1-2-15-9-14(10-19(23)28(15)33(31,32)27-5-3-13(24)4-6-27)25-21(30)16-7-12-8-20(29)26-18(12)11-17(16)22/h7,11,13-15,19H,2-6,8-10,24H2,1H3,(H,25,30)(H,26,29)/t14-,15+,19+/m1/s1. The normalized spacial score (nSPS) is 27.3. The summed E-state index contributed by atoms with van der Waals surface area (Å²) in [6.45, 7) is 2.39. The molecule has 12 heteroatoms. The van der Waals surface area contributed by atoms with Gasteiger partial charge in [-0.05, 0) is 59.3 Å². The zero-order valence-electron chi connectivity index (χ0n) is 18.4. The number of nitrogens with zero attached hydrogens (tertiary/aromatic N) is 2. The molecule has 2 fully saturated rings. The SMILES string of the molecule is CC[C@H]1C[C@@H](NC(=O)c2cc3c(cc2Br)NC(=O)C3)C[C@@H](F)N1S(=O)(=O)N1CCC(N)CC1. The van der Waals surface area contributed by atoms with Crippen molar-refractivity contribution in [2.75, 3.05) is 18.4 Å². The Labute approximate surface area is 201 Å². The summed E-state index contributed by atoms with van der Waals surface area (Å²) in [7, 11) is -3.96. The van der Waals surface area contributed by atoms with Crippen LogP contribution >= 0.6 is 15.9 Å². The molecule has 0 radical (unpaired) electrons. The number of fused-ring (bicyclic) bond motifs is 1. The summed E-state index contributed by atoms with van der Waals surface area (Å²) in [5.74, 6) is -0.526. The summed E-state index contributed by atoms with van der Waals surface area (Å²) in [5, 5.41) is 5.59. The van der Waals surface area contributed by atoms with Crippen LogP contribution < -0.4 is 16.4 Å². The third kappa shape index (κ3) is 4.95. The van der Waals surface area contributed by atoms with Crippen molar-refractivity contribution in [2.24, 2.45) is 5.73 Å². The van der Waals surface area contributed by atoms with E-state index in [2.05, 4.69) is 26.6 Å². The van der Waals surface area contributed by atoms with Gasteiger partial charge in [0.05, 0.1) is 12.0 Å². The van der Waals surface area contributed by atoms with E-state index < -0.39 is 34.5 Å². The van der Waals surface area contributed by atoms with Crippen LogP contribution in [0, 0.1) is 0 Å². The largest absolute Gasteiger partial charge is 0.349 e. The number of carbonyl (C=O) groups excluding carboxylic acids is 2. The molecule has 33 heavy (non-hydrogen) atoms. The van der Waals surface area contributed by atoms with Gasteiger partial charge in [0.1, 0.15) is 0 Å². The van der Waals surface area contributed by atoms with Crippen LogP contribution in [-0.2, 0) is 21.4 Å². The molecule has 0 aliphatic carbocycles. The lowest BCUT2D eigenvalue weighted by atomic mass is 9.96. The second-order valence-electron chi connectivity index (χ2n) is 8.93. The molecular weight excluding hydrogens is 517 g/mol. The lowest BCUT2D eigenvalue weighted by Crippen LogP contribution is -2.59. The van der Waals surface area contributed by atoms with Gasteiger partial charge in [0.15, 0.2) is 6.30 Å². The minimum Gasteiger partial charge on any atom is -0.349 e. The number of nitrogens with two attached hydrogens (primary N) is 1. The average Bonchev–Trinajstić information content (AvgIpc) is 3.11. The number of alkyl halides is 1. The summed E-state index contributed by atoms with van der Waals surface area (Å²) in [4.78, 5) is 24.6. The van der Waals surface area contributed by atoms with Gasteiger partial charge in [-0.2, -0.15) is 17.0 Å². The molecule has 4 N–H and O–H groups in total. The highest BCUT2D eigenvalue weighted by Crippen LogP contribution is 2.33. The molecule has 0 unspecified atom stereocenters. The lowest BCUT2D eigenvalue weighted by Gasteiger charge is -2.43. The molecule has 2 saturated heterocycles. The molecule has 3 atom stereocenters. The highest BCUT2D eigenvalue weighted by atomic mass is 79.9. The average molecular weight is 546 g/mol. The fraction of sp³-hybridized carbons (Fsp3) is 0.619. The number of amides is 2. The van der Waals surface area contributed by atoms with Crippen molar-refractivity contribution in [1.29, 1.82) is 0 Å². The zero-order chi connectivity index (χ0) is 23.9. The van der Waals surface area contributed by atoms with Gasteiger partial charge < -0.3 is 16.4 Å². The topological polar surface area (TPSA) is 125 Å². The third-order valence-corrected chi connectivity index (χ3v) is 9.37.